The molecule has 0 radical (unpaired) electrons. The van der Waals surface area contributed by atoms with Crippen LogP contribution in [0.3, 0.4) is 0 Å². The van der Waals surface area contributed by atoms with Crippen molar-refractivity contribution in [2.24, 2.45) is 0 Å². The molecule has 2 atom stereocenters. The molecule has 1 aromatic carbocycles. The summed E-state index contributed by atoms with van der Waals surface area (Å²) in [6.45, 7) is 7.94. The second-order valence-corrected chi connectivity index (χ2v) is 7.70. The molecule has 0 fully saturated rings. The maximum Gasteiger partial charge on any atom is 0.277 e. The van der Waals surface area contributed by atoms with Gasteiger partial charge in [0.25, 0.3) is 11.1 Å². The fraction of sp³-hybridized carbons (Fsp3) is 0.350. The van der Waals surface area contributed by atoms with Crippen LogP contribution in [0.2, 0.25) is 0 Å². The number of furan rings is 1. The van der Waals surface area contributed by atoms with Gasteiger partial charge in [0.1, 0.15) is 5.76 Å². The molecule has 0 aliphatic heterocycles. The van der Waals surface area contributed by atoms with E-state index in [9.17, 15) is 4.79 Å². The number of carbonyl (C=O) groups is 1. The summed E-state index contributed by atoms with van der Waals surface area (Å²) in [4.78, 5) is 12.6. The van der Waals surface area contributed by atoms with Gasteiger partial charge in [-0.2, -0.15) is 0 Å². The van der Waals surface area contributed by atoms with Crippen LogP contribution in [-0.2, 0) is 4.79 Å². The Hall–Kier alpha value is -2.54. The number of aryl methyl sites for hydroxylation is 1. The summed E-state index contributed by atoms with van der Waals surface area (Å²) in [5.74, 6) is 1.37. The van der Waals surface area contributed by atoms with E-state index in [1.165, 1.54) is 11.8 Å². The van der Waals surface area contributed by atoms with E-state index in [1.807, 2.05) is 32.0 Å². The zero-order chi connectivity index (χ0) is 19.4. The van der Waals surface area contributed by atoms with E-state index in [-0.39, 0.29) is 11.2 Å². The van der Waals surface area contributed by atoms with Crippen LogP contribution in [0.25, 0.3) is 11.5 Å². The normalized spacial score (nSPS) is 13.3. The van der Waals surface area contributed by atoms with Crippen LogP contribution in [0.4, 0.5) is 5.69 Å². The van der Waals surface area contributed by atoms with Gasteiger partial charge in [-0.15, -0.1) is 10.2 Å². The highest BCUT2D eigenvalue weighted by molar-refractivity contribution is 8.00. The molecule has 2 heterocycles. The van der Waals surface area contributed by atoms with E-state index in [1.54, 1.807) is 12.3 Å². The summed E-state index contributed by atoms with van der Waals surface area (Å²) in [5.41, 5.74) is 2.75. The molecule has 3 rings (SSSR count). The molecule has 0 aliphatic carbocycles. The summed E-state index contributed by atoms with van der Waals surface area (Å²) < 4.78 is 10.9. The molecule has 0 saturated heterocycles. The van der Waals surface area contributed by atoms with Crippen molar-refractivity contribution in [2.45, 2.75) is 50.5 Å². The van der Waals surface area contributed by atoms with Crippen molar-refractivity contribution in [3.8, 4) is 11.5 Å². The number of thioether (sulfide) groups is 1. The molecule has 7 heteroatoms. The van der Waals surface area contributed by atoms with Gasteiger partial charge in [0.05, 0.1) is 17.1 Å². The molecule has 6 nitrogen and oxygen atoms in total. The van der Waals surface area contributed by atoms with Crippen LogP contribution in [0, 0.1) is 6.92 Å². The number of amides is 1. The SMILES string of the molecule is CC[C@H](C)c1ccccc1NC(=O)[C@@H](C)Sc1nnc(-c2ccoc2C)o1. The van der Waals surface area contributed by atoms with Gasteiger partial charge in [-0.1, -0.05) is 43.8 Å². The third kappa shape index (κ3) is 4.42. The number of anilines is 1. The van der Waals surface area contributed by atoms with Crippen molar-refractivity contribution in [1.29, 1.82) is 0 Å². The summed E-state index contributed by atoms with van der Waals surface area (Å²) in [6, 6.07) is 9.69. The quantitative estimate of drug-likeness (QED) is 0.558. The second-order valence-electron chi connectivity index (χ2n) is 6.41. The lowest BCUT2D eigenvalue weighted by Gasteiger charge is -2.17. The number of hydrogen-bond acceptors (Lipinski definition) is 6. The van der Waals surface area contributed by atoms with Gasteiger partial charge in [-0.05, 0) is 43.9 Å². The fourth-order valence-corrected chi connectivity index (χ4v) is 3.36. The molecule has 0 bridgehead atoms. The molecule has 0 aliphatic rings. The first kappa shape index (κ1) is 19.2. The van der Waals surface area contributed by atoms with Gasteiger partial charge in [0.15, 0.2) is 0 Å². The third-order valence-electron chi connectivity index (χ3n) is 4.50. The first-order chi connectivity index (χ1) is 13.0. The Labute approximate surface area is 162 Å². The van der Waals surface area contributed by atoms with E-state index in [2.05, 4.69) is 35.4 Å². The number of benzene rings is 1. The molecule has 1 amide bonds. The zero-order valence-corrected chi connectivity index (χ0v) is 16.7. The minimum atomic E-state index is -0.381. The molecule has 1 N–H and O–H groups in total. The molecule has 0 saturated carbocycles. The summed E-state index contributed by atoms with van der Waals surface area (Å²) in [6.07, 6.45) is 2.59. The van der Waals surface area contributed by atoms with Gasteiger partial charge in [0.2, 0.25) is 5.91 Å². The van der Waals surface area contributed by atoms with Gasteiger partial charge in [-0.3, -0.25) is 4.79 Å². The molecule has 142 valence electrons. The summed E-state index contributed by atoms with van der Waals surface area (Å²) in [5, 5.41) is 11.1. The fourth-order valence-electron chi connectivity index (χ4n) is 2.67. The predicted molar refractivity (Wildman–Crippen MR) is 106 cm³/mol. The van der Waals surface area contributed by atoms with Gasteiger partial charge >= 0.3 is 0 Å². The van der Waals surface area contributed by atoms with Crippen LogP contribution in [0.5, 0.6) is 0 Å². The minimum Gasteiger partial charge on any atom is -0.469 e. The molecule has 0 unspecified atom stereocenters. The van der Waals surface area contributed by atoms with Crippen molar-refractivity contribution in [3.05, 3.63) is 47.9 Å². The summed E-state index contributed by atoms with van der Waals surface area (Å²) in [7, 11) is 0. The Morgan fingerprint density at radius 1 is 1.22 bits per heavy atom. The predicted octanol–water partition coefficient (Wildman–Crippen LogP) is 5.27. The van der Waals surface area contributed by atoms with E-state index in [0.29, 0.717) is 22.8 Å². The smallest absolute Gasteiger partial charge is 0.277 e. The molecular formula is C20H23N3O3S. The Bertz CT molecular complexity index is 919. The summed E-state index contributed by atoms with van der Waals surface area (Å²) >= 11 is 1.23. The molecule has 2 aromatic heterocycles. The number of carbonyl (C=O) groups excluding carboxylic acids is 1. The van der Waals surface area contributed by atoms with Crippen molar-refractivity contribution < 1.29 is 13.6 Å². The Morgan fingerprint density at radius 3 is 2.70 bits per heavy atom. The van der Waals surface area contributed by atoms with Crippen LogP contribution in [0.1, 0.15) is 44.4 Å². The average molecular weight is 385 g/mol. The first-order valence-corrected chi connectivity index (χ1v) is 9.82. The number of rotatable bonds is 7. The van der Waals surface area contributed by atoms with E-state index >= 15 is 0 Å². The Balaban J connectivity index is 1.67. The lowest BCUT2D eigenvalue weighted by atomic mass is 9.97. The van der Waals surface area contributed by atoms with Crippen LogP contribution < -0.4 is 5.32 Å². The second kappa shape index (κ2) is 8.43. The van der Waals surface area contributed by atoms with Crippen molar-refractivity contribution in [3.63, 3.8) is 0 Å². The van der Waals surface area contributed by atoms with E-state index in [0.717, 1.165) is 23.2 Å². The van der Waals surface area contributed by atoms with Crippen LogP contribution in [0.15, 0.2) is 50.7 Å². The highest BCUT2D eigenvalue weighted by Crippen LogP contribution is 2.30. The Morgan fingerprint density at radius 2 is 2.00 bits per heavy atom. The number of aromatic nitrogens is 2. The number of nitrogens with one attached hydrogen (secondary N) is 1. The number of para-hydroxylation sites is 1. The molecule has 3 aromatic rings. The van der Waals surface area contributed by atoms with E-state index < -0.39 is 0 Å². The van der Waals surface area contributed by atoms with Gasteiger partial charge < -0.3 is 14.2 Å². The molecule has 27 heavy (non-hydrogen) atoms. The highest BCUT2D eigenvalue weighted by atomic mass is 32.2. The van der Waals surface area contributed by atoms with Crippen molar-refractivity contribution >= 4 is 23.4 Å². The third-order valence-corrected chi connectivity index (χ3v) is 5.44. The van der Waals surface area contributed by atoms with Gasteiger partial charge in [-0.25, -0.2) is 0 Å². The highest BCUT2D eigenvalue weighted by Gasteiger charge is 2.21. The maximum absolute atomic E-state index is 12.6. The van der Waals surface area contributed by atoms with Crippen molar-refractivity contribution in [1.82, 2.24) is 10.2 Å². The maximum atomic E-state index is 12.6. The number of nitrogens with zero attached hydrogens (tertiary/aromatic N) is 2. The van der Waals surface area contributed by atoms with E-state index in [4.69, 9.17) is 8.83 Å². The average Bonchev–Trinajstić information content (AvgIpc) is 3.30. The zero-order valence-electron chi connectivity index (χ0n) is 15.9. The molecular weight excluding hydrogens is 362 g/mol. The largest absolute Gasteiger partial charge is 0.469 e. The van der Waals surface area contributed by atoms with Gasteiger partial charge in [0, 0.05) is 5.69 Å². The topological polar surface area (TPSA) is 81.2 Å². The lowest BCUT2D eigenvalue weighted by molar-refractivity contribution is -0.115. The lowest BCUT2D eigenvalue weighted by Crippen LogP contribution is -2.23. The van der Waals surface area contributed by atoms with Crippen LogP contribution >= 0.6 is 11.8 Å². The minimum absolute atomic E-state index is 0.102. The standard InChI is InChI=1S/C20H23N3O3S/c1-5-12(2)15-8-6-7-9-17(15)21-18(24)14(4)27-20-23-22-19(26-20)16-10-11-25-13(16)3/h6-12,14H,5H2,1-4H3,(H,21,24)/t12-,14+/m0/s1. The Kier molecular flexibility index (Phi) is 6.01. The monoisotopic (exact) mass is 385 g/mol. The molecule has 0 spiro atoms. The first-order valence-electron chi connectivity index (χ1n) is 8.94. The number of hydrogen-bond donors (Lipinski definition) is 1. The van der Waals surface area contributed by atoms with Crippen molar-refractivity contribution in [2.75, 3.05) is 5.32 Å². The van der Waals surface area contributed by atoms with Crippen LogP contribution in [-0.4, -0.2) is 21.4 Å².